The Hall–Kier alpha value is -7.66. The number of hydrogen-bond donors (Lipinski definition) is 4. The fourth-order valence-corrected chi connectivity index (χ4v) is 8.96. The van der Waals surface area contributed by atoms with Gasteiger partial charge in [-0.3, -0.25) is 9.59 Å². The zero-order chi connectivity index (χ0) is 44.8. The average molecular weight is 853 g/mol. The molecule has 0 aromatic heterocycles. The van der Waals surface area contributed by atoms with E-state index < -0.39 is 35.1 Å². The number of para-hydroxylation sites is 4. The van der Waals surface area contributed by atoms with Crippen molar-refractivity contribution in [2.45, 2.75) is 23.3 Å². The van der Waals surface area contributed by atoms with E-state index >= 15 is 9.59 Å². The van der Waals surface area contributed by atoms with Gasteiger partial charge in [0.25, 0.3) is 0 Å². The molecule has 0 aliphatic carbocycles. The summed E-state index contributed by atoms with van der Waals surface area (Å²) in [7, 11) is 5.99. The molecular weight excluding hydrogens is 805 g/mol. The van der Waals surface area contributed by atoms with E-state index in [1.54, 1.807) is 97.1 Å². The van der Waals surface area contributed by atoms with E-state index in [0.717, 1.165) is 10.8 Å². The van der Waals surface area contributed by atoms with Crippen LogP contribution in [-0.2, 0) is 20.8 Å². The molecule has 0 bridgehead atoms. The van der Waals surface area contributed by atoms with Gasteiger partial charge >= 0.3 is 11.8 Å². The van der Waals surface area contributed by atoms with Crippen LogP contribution in [0.4, 0.5) is 0 Å². The number of carbonyl (C=O) groups is 2. The molecule has 0 aliphatic rings. The number of methoxy groups -OCH3 is 4. The summed E-state index contributed by atoms with van der Waals surface area (Å²) in [4.78, 5) is 30.3. The molecule has 0 saturated carbocycles. The summed E-state index contributed by atoms with van der Waals surface area (Å²) in [6, 6.07) is 51.5. The Morgan fingerprint density at radius 2 is 0.656 bits per heavy atom. The Morgan fingerprint density at radius 3 is 0.969 bits per heavy atom. The lowest BCUT2D eigenvalue weighted by Crippen LogP contribution is -2.52. The van der Waals surface area contributed by atoms with E-state index in [1.807, 2.05) is 84.9 Å². The van der Waals surface area contributed by atoms with E-state index in [4.69, 9.17) is 18.9 Å². The molecule has 0 aliphatic heterocycles. The van der Waals surface area contributed by atoms with Crippen molar-refractivity contribution in [3.63, 3.8) is 0 Å². The molecule has 322 valence electrons. The van der Waals surface area contributed by atoms with Crippen molar-refractivity contribution in [1.29, 1.82) is 0 Å². The van der Waals surface area contributed by atoms with Crippen LogP contribution in [0.2, 0.25) is 0 Å². The molecule has 0 fully saturated rings. The molecule has 8 aromatic rings. The van der Waals surface area contributed by atoms with E-state index in [1.165, 1.54) is 28.4 Å². The predicted molar refractivity (Wildman–Crippen MR) is 248 cm³/mol. The number of benzene rings is 8. The minimum Gasteiger partial charge on any atom is -0.496 e. The highest BCUT2D eigenvalue weighted by molar-refractivity contribution is 6.35. The quantitative estimate of drug-likeness (QED) is 0.0798. The van der Waals surface area contributed by atoms with Crippen molar-refractivity contribution < 1.29 is 38.7 Å². The van der Waals surface area contributed by atoms with E-state index in [2.05, 4.69) is 10.6 Å². The molecule has 0 heterocycles. The summed E-state index contributed by atoms with van der Waals surface area (Å²) in [6.07, 6.45) is 0. The first-order chi connectivity index (χ1) is 31.2. The SMILES string of the molecule is COc1ccccc1C(O)(c1ccccc1OC)C(NC(=O)C(=O)NC(c1cccc2ccccc12)C(O)(c1ccccc1OC)c1ccccc1OC)c1cccc2ccccc12. The normalized spacial score (nSPS) is 12.5. The Bertz CT molecular complexity index is 2660. The maximum Gasteiger partial charge on any atom is 0.309 e. The van der Waals surface area contributed by atoms with Gasteiger partial charge in [0.2, 0.25) is 0 Å². The second kappa shape index (κ2) is 18.4. The summed E-state index contributed by atoms with van der Waals surface area (Å²) < 4.78 is 23.5. The average Bonchev–Trinajstić information content (AvgIpc) is 3.36. The lowest BCUT2D eigenvalue weighted by Gasteiger charge is -2.40. The highest BCUT2D eigenvalue weighted by atomic mass is 16.5. The van der Waals surface area contributed by atoms with E-state index in [-0.39, 0.29) is 0 Å². The van der Waals surface area contributed by atoms with Crippen molar-refractivity contribution in [3.05, 3.63) is 215 Å². The minimum absolute atomic E-state index is 0.302. The Balaban J connectivity index is 1.34. The van der Waals surface area contributed by atoms with E-state index in [9.17, 15) is 10.2 Å². The molecule has 0 spiro atoms. The van der Waals surface area contributed by atoms with Crippen LogP contribution >= 0.6 is 0 Å². The van der Waals surface area contributed by atoms with E-state index in [0.29, 0.717) is 67.2 Å². The van der Waals surface area contributed by atoms with Crippen molar-refractivity contribution in [2.24, 2.45) is 0 Å². The molecule has 10 heteroatoms. The lowest BCUT2D eigenvalue weighted by atomic mass is 9.75. The van der Waals surface area contributed by atoms with Gasteiger partial charge in [-0.1, -0.05) is 158 Å². The van der Waals surface area contributed by atoms with Crippen molar-refractivity contribution in [3.8, 4) is 23.0 Å². The second-order valence-electron chi connectivity index (χ2n) is 15.3. The van der Waals surface area contributed by atoms with Crippen LogP contribution in [0.1, 0.15) is 45.5 Å². The molecule has 4 N–H and O–H groups in total. The monoisotopic (exact) mass is 852 g/mol. The third-order valence-electron chi connectivity index (χ3n) is 11.9. The third kappa shape index (κ3) is 7.63. The summed E-state index contributed by atoms with van der Waals surface area (Å²) >= 11 is 0. The highest BCUT2D eigenvalue weighted by Crippen LogP contribution is 2.51. The number of rotatable bonds is 14. The van der Waals surface area contributed by atoms with Crippen molar-refractivity contribution in [1.82, 2.24) is 10.6 Å². The number of fused-ring (bicyclic) bond motifs is 2. The van der Waals surface area contributed by atoms with Crippen LogP contribution < -0.4 is 29.6 Å². The first kappa shape index (κ1) is 43.0. The smallest absolute Gasteiger partial charge is 0.309 e. The van der Waals surface area contributed by atoms with Gasteiger partial charge in [-0.25, -0.2) is 0 Å². The van der Waals surface area contributed by atoms with Gasteiger partial charge < -0.3 is 39.8 Å². The molecule has 64 heavy (non-hydrogen) atoms. The summed E-state index contributed by atoms with van der Waals surface area (Å²) in [5, 5.41) is 36.5. The summed E-state index contributed by atoms with van der Waals surface area (Å²) in [6.45, 7) is 0. The van der Waals surface area contributed by atoms with Crippen LogP contribution in [0.15, 0.2) is 182 Å². The third-order valence-corrected chi connectivity index (χ3v) is 11.9. The van der Waals surface area contributed by atoms with Crippen LogP contribution in [0, 0.1) is 0 Å². The fourth-order valence-electron chi connectivity index (χ4n) is 8.96. The van der Waals surface area contributed by atoms with Crippen LogP contribution in [0.25, 0.3) is 21.5 Å². The van der Waals surface area contributed by atoms with Gasteiger partial charge in [-0.2, -0.15) is 0 Å². The zero-order valence-corrected chi connectivity index (χ0v) is 35.8. The van der Waals surface area contributed by atoms with Gasteiger partial charge in [-0.15, -0.1) is 0 Å². The molecular formula is C54H48N2O8. The van der Waals surface area contributed by atoms with Gasteiger partial charge in [0.05, 0.1) is 40.5 Å². The number of hydrogen-bond acceptors (Lipinski definition) is 8. The number of carbonyl (C=O) groups excluding carboxylic acids is 2. The first-order valence-electron chi connectivity index (χ1n) is 20.7. The minimum atomic E-state index is -2.14. The number of aliphatic hydroxyl groups is 2. The Kier molecular flexibility index (Phi) is 12.3. The standard InChI is InChI=1S/C54H48N2O8/c1-61-45-31-13-9-27-41(45)53(59,42-28-10-14-32-46(42)62-2)49(39-25-17-21-35-19-5-7-23-37(35)39)55-51(57)52(58)56-50(40-26-18-22-36-20-6-8-24-38(36)40)54(60,43-29-11-15-33-47(43)63-3)44-30-12-16-34-48(44)64-4/h5-34,49-50,59-60H,1-4H3,(H,55,57)(H,56,58). The Morgan fingerprint density at radius 1 is 0.391 bits per heavy atom. The number of nitrogens with one attached hydrogen (secondary N) is 2. The van der Waals surface area contributed by atoms with Crippen LogP contribution in [0.5, 0.6) is 23.0 Å². The second-order valence-corrected chi connectivity index (χ2v) is 15.3. The highest BCUT2D eigenvalue weighted by Gasteiger charge is 2.49. The number of ether oxygens (including phenoxy) is 4. The molecule has 2 unspecified atom stereocenters. The Labute approximate surface area is 371 Å². The molecule has 10 nitrogen and oxygen atoms in total. The maximum atomic E-state index is 15.1. The van der Waals surface area contributed by atoms with Crippen molar-refractivity contribution in [2.75, 3.05) is 28.4 Å². The first-order valence-corrected chi connectivity index (χ1v) is 20.7. The van der Waals surface area contributed by atoms with Gasteiger partial charge in [0.1, 0.15) is 34.2 Å². The predicted octanol–water partition coefficient (Wildman–Crippen LogP) is 8.91. The molecule has 0 radical (unpaired) electrons. The molecule has 8 aromatic carbocycles. The van der Waals surface area contributed by atoms with Crippen LogP contribution in [0.3, 0.4) is 0 Å². The molecule has 2 atom stereocenters. The lowest BCUT2D eigenvalue weighted by molar-refractivity contribution is -0.142. The summed E-state index contributed by atoms with van der Waals surface area (Å²) in [5.41, 5.74) is -2.06. The zero-order valence-electron chi connectivity index (χ0n) is 35.8. The van der Waals surface area contributed by atoms with Crippen molar-refractivity contribution >= 4 is 33.4 Å². The maximum absolute atomic E-state index is 15.1. The largest absolute Gasteiger partial charge is 0.496 e. The fraction of sp³-hybridized carbons (Fsp3) is 0.148. The van der Waals surface area contributed by atoms with Crippen LogP contribution in [-0.4, -0.2) is 50.5 Å². The molecule has 0 saturated heterocycles. The topological polar surface area (TPSA) is 136 Å². The molecule has 8 rings (SSSR count). The van der Waals surface area contributed by atoms with Gasteiger partial charge in [-0.05, 0) is 56.9 Å². The van der Waals surface area contributed by atoms with Gasteiger partial charge in [0.15, 0.2) is 0 Å². The van der Waals surface area contributed by atoms with Gasteiger partial charge in [0, 0.05) is 22.3 Å². The number of amides is 2. The summed E-state index contributed by atoms with van der Waals surface area (Å²) in [5.74, 6) is -0.893. The molecule has 2 amide bonds.